The number of halogens is 3. The van der Waals surface area contributed by atoms with Crippen LogP contribution in [-0.4, -0.2) is 23.1 Å². The molecule has 0 radical (unpaired) electrons. The van der Waals surface area contributed by atoms with E-state index in [9.17, 15) is 13.2 Å². The van der Waals surface area contributed by atoms with Crippen molar-refractivity contribution in [2.75, 3.05) is 11.9 Å². The fourth-order valence-electron chi connectivity index (χ4n) is 3.36. The lowest BCUT2D eigenvalue weighted by Gasteiger charge is -2.24. The first-order valence-electron chi connectivity index (χ1n) is 9.21. The molecule has 1 aromatic carbocycles. The fourth-order valence-corrected chi connectivity index (χ4v) is 3.36. The van der Waals surface area contributed by atoms with Crippen molar-refractivity contribution in [1.29, 1.82) is 0 Å². The molecule has 0 spiro atoms. The van der Waals surface area contributed by atoms with Gasteiger partial charge in [-0.15, -0.1) is 0 Å². The molecule has 1 aliphatic carbocycles. The summed E-state index contributed by atoms with van der Waals surface area (Å²) in [6.07, 6.45) is -0.521. The highest BCUT2D eigenvalue weighted by Gasteiger charge is 2.37. The van der Waals surface area contributed by atoms with E-state index in [-0.39, 0.29) is 23.9 Å². The Bertz CT molecular complexity index is 786. The van der Waals surface area contributed by atoms with Crippen molar-refractivity contribution in [3.8, 4) is 5.88 Å². The molecular weight excluding hydrogens is 355 g/mol. The maximum atomic E-state index is 13.4. The van der Waals surface area contributed by atoms with Crippen LogP contribution in [0.5, 0.6) is 5.88 Å². The van der Waals surface area contributed by atoms with E-state index < -0.39 is 11.7 Å². The minimum atomic E-state index is -4.55. The van der Waals surface area contributed by atoms with Crippen LogP contribution >= 0.6 is 0 Å². The molecule has 27 heavy (non-hydrogen) atoms. The Hall–Kier alpha value is -2.31. The second-order valence-electron chi connectivity index (χ2n) is 7.18. The van der Waals surface area contributed by atoms with Gasteiger partial charge in [-0.05, 0) is 43.2 Å². The van der Waals surface area contributed by atoms with Gasteiger partial charge in [0, 0.05) is 18.9 Å². The van der Waals surface area contributed by atoms with Gasteiger partial charge in [-0.2, -0.15) is 18.2 Å². The summed E-state index contributed by atoms with van der Waals surface area (Å²) in [6, 6.07) is 7.73. The Morgan fingerprint density at radius 3 is 2.44 bits per heavy atom. The molecule has 0 saturated heterocycles. The molecule has 146 valence electrons. The van der Waals surface area contributed by atoms with E-state index in [0.717, 1.165) is 43.1 Å². The summed E-state index contributed by atoms with van der Waals surface area (Å²) < 4.78 is 45.8. The molecule has 0 bridgehead atoms. The third-order valence-electron chi connectivity index (χ3n) is 4.85. The number of aromatic nitrogens is 2. The SMILES string of the molecule is CC(C)c1ccccc1N(C)c1ncc(C(F)(F)F)c(OC2CCCC2)n1. The number of hydrogen-bond donors (Lipinski definition) is 0. The van der Waals surface area contributed by atoms with Crippen LogP contribution in [0.25, 0.3) is 0 Å². The first kappa shape index (κ1) is 19.5. The Kier molecular flexibility index (Phi) is 5.58. The van der Waals surface area contributed by atoms with Crippen LogP contribution in [-0.2, 0) is 6.18 Å². The van der Waals surface area contributed by atoms with Crippen molar-refractivity contribution < 1.29 is 17.9 Å². The fraction of sp³-hybridized carbons (Fsp3) is 0.500. The zero-order valence-corrected chi connectivity index (χ0v) is 15.8. The summed E-state index contributed by atoms with van der Waals surface area (Å²) in [6.45, 7) is 4.13. The second kappa shape index (κ2) is 7.74. The Morgan fingerprint density at radius 1 is 1.15 bits per heavy atom. The highest BCUT2D eigenvalue weighted by Crippen LogP contribution is 2.38. The minimum Gasteiger partial charge on any atom is -0.474 e. The highest BCUT2D eigenvalue weighted by atomic mass is 19.4. The molecule has 0 N–H and O–H groups in total. The van der Waals surface area contributed by atoms with Gasteiger partial charge in [0.05, 0.1) is 0 Å². The molecule has 3 rings (SSSR count). The van der Waals surface area contributed by atoms with Crippen LogP contribution in [0, 0.1) is 0 Å². The zero-order chi connectivity index (χ0) is 19.6. The van der Waals surface area contributed by atoms with Gasteiger partial charge >= 0.3 is 6.18 Å². The van der Waals surface area contributed by atoms with Crippen molar-refractivity contribution >= 4 is 11.6 Å². The van der Waals surface area contributed by atoms with Crippen LogP contribution in [0.1, 0.15) is 56.6 Å². The summed E-state index contributed by atoms with van der Waals surface area (Å²) >= 11 is 0. The summed E-state index contributed by atoms with van der Waals surface area (Å²) in [7, 11) is 1.75. The van der Waals surface area contributed by atoms with Gasteiger partial charge in [-0.1, -0.05) is 32.0 Å². The normalized spacial score (nSPS) is 15.4. The standard InChI is InChI=1S/C20H24F3N3O/c1-13(2)15-10-6-7-11-17(15)26(3)19-24-12-16(20(21,22)23)18(25-19)27-14-8-4-5-9-14/h6-7,10-14H,4-5,8-9H2,1-3H3. The van der Waals surface area contributed by atoms with Crippen LogP contribution in [0.2, 0.25) is 0 Å². The van der Waals surface area contributed by atoms with Crippen molar-refractivity contribution in [1.82, 2.24) is 9.97 Å². The van der Waals surface area contributed by atoms with E-state index in [1.54, 1.807) is 11.9 Å². The van der Waals surface area contributed by atoms with Gasteiger partial charge < -0.3 is 9.64 Å². The Balaban J connectivity index is 1.98. The number of nitrogens with zero attached hydrogens (tertiary/aromatic N) is 3. The maximum Gasteiger partial charge on any atom is 0.423 e. The number of alkyl halides is 3. The molecule has 1 saturated carbocycles. The van der Waals surface area contributed by atoms with Gasteiger partial charge in [-0.25, -0.2) is 4.98 Å². The van der Waals surface area contributed by atoms with E-state index >= 15 is 0 Å². The zero-order valence-electron chi connectivity index (χ0n) is 15.8. The van der Waals surface area contributed by atoms with E-state index in [0.29, 0.717) is 0 Å². The predicted molar refractivity (Wildman–Crippen MR) is 98.5 cm³/mol. The van der Waals surface area contributed by atoms with Gasteiger partial charge in [-0.3, -0.25) is 0 Å². The highest BCUT2D eigenvalue weighted by molar-refractivity contribution is 5.62. The van der Waals surface area contributed by atoms with Gasteiger partial charge in [0.2, 0.25) is 11.8 Å². The lowest BCUT2D eigenvalue weighted by Crippen LogP contribution is -2.20. The van der Waals surface area contributed by atoms with E-state index in [1.807, 2.05) is 24.3 Å². The predicted octanol–water partition coefficient (Wildman–Crippen LogP) is 5.71. The molecule has 4 nitrogen and oxygen atoms in total. The van der Waals surface area contributed by atoms with Gasteiger partial charge in [0.25, 0.3) is 0 Å². The van der Waals surface area contributed by atoms with E-state index in [2.05, 4.69) is 23.8 Å². The molecule has 2 aromatic rings. The van der Waals surface area contributed by atoms with Gasteiger partial charge in [0.1, 0.15) is 11.7 Å². The lowest BCUT2D eigenvalue weighted by molar-refractivity contribution is -0.139. The largest absolute Gasteiger partial charge is 0.474 e. The van der Waals surface area contributed by atoms with Gasteiger partial charge in [0.15, 0.2) is 0 Å². The first-order chi connectivity index (χ1) is 12.8. The quantitative estimate of drug-likeness (QED) is 0.667. The van der Waals surface area contributed by atoms with Crippen molar-refractivity contribution in [2.24, 2.45) is 0 Å². The molecule has 1 aliphatic rings. The van der Waals surface area contributed by atoms with Crippen molar-refractivity contribution in [3.05, 3.63) is 41.6 Å². The average Bonchev–Trinajstić information content (AvgIpc) is 3.13. The number of hydrogen-bond acceptors (Lipinski definition) is 4. The van der Waals surface area contributed by atoms with Crippen molar-refractivity contribution in [2.45, 2.75) is 57.7 Å². The first-order valence-corrected chi connectivity index (χ1v) is 9.21. The minimum absolute atomic E-state index is 0.184. The van der Waals surface area contributed by atoms with E-state index in [1.165, 1.54) is 0 Å². The Labute approximate surface area is 157 Å². The molecule has 1 aromatic heterocycles. The molecule has 7 heteroatoms. The summed E-state index contributed by atoms with van der Waals surface area (Å²) in [5, 5.41) is 0. The second-order valence-corrected chi connectivity index (χ2v) is 7.18. The van der Waals surface area contributed by atoms with E-state index in [4.69, 9.17) is 4.74 Å². The number of benzene rings is 1. The third-order valence-corrected chi connectivity index (χ3v) is 4.85. The summed E-state index contributed by atoms with van der Waals surface area (Å²) in [5.74, 6) is 0.0599. The molecule has 1 fully saturated rings. The molecule has 0 unspecified atom stereocenters. The molecule has 0 aliphatic heterocycles. The number of rotatable bonds is 5. The lowest BCUT2D eigenvalue weighted by atomic mass is 10.0. The topological polar surface area (TPSA) is 38.2 Å². The average molecular weight is 379 g/mol. The number of anilines is 2. The molecule has 0 amide bonds. The third kappa shape index (κ3) is 4.34. The Morgan fingerprint density at radius 2 is 1.81 bits per heavy atom. The maximum absolute atomic E-state index is 13.4. The van der Waals surface area contributed by atoms with Crippen molar-refractivity contribution in [3.63, 3.8) is 0 Å². The molecule has 0 atom stereocenters. The van der Waals surface area contributed by atoms with Crippen LogP contribution in [0.15, 0.2) is 30.5 Å². The monoisotopic (exact) mass is 379 g/mol. The van der Waals surface area contributed by atoms with Crippen LogP contribution in [0.4, 0.5) is 24.8 Å². The number of ether oxygens (including phenoxy) is 1. The summed E-state index contributed by atoms with van der Waals surface area (Å²) in [4.78, 5) is 9.83. The smallest absolute Gasteiger partial charge is 0.423 e. The molecular formula is C20H24F3N3O. The van der Waals surface area contributed by atoms with Crippen LogP contribution < -0.4 is 9.64 Å². The molecule has 1 heterocycles. The number of para-hydroxylation sites is 1. The summed E-state index contributed by atoms with van der Waals surface area (Å²) in [5.41, 5.74) is 1.00. The van der Waals surface area contributed by atoms with Crippen LogP contribution in [0.3, 0.4) is 0 Å².